The van der Waals surface area contributed by atoms with E-state index < -0.39 is 0 Å². The van der Waals surface area contributed by atoms with Crippen molar-refractivity contribution in [2.45, 2.75) is 19.0 Å². The fraction of sp³-hybridized carbons (Fsp3) is 0.200. The third-order valence-electron chi connectivity index (χ3n) is 2.83. The predicted molar refractivity (Wildman–Crippen MR) is 80.6 cm³/mol. The normalized spacial score (nSPS) is 10.7. The van der Waals surface area contributed by atoms with E-state index in [2.05, 4.69) is 21.2 Å². The molecule has 2 aromatic rings. The van der Waals surface area contributed by atoms with Crippen molar-refractivity contribution in [3.63, 3.8) is 0 Å². The van der Waals surface area contributed by atoms with E-state index in [0.29, 0.717) is 24.5 Å². The number of hydrogen-bond acceptors (Lipinski definition) is 1. The van der Waals surface area contributed by atoms with Crippen molar-refractivity contribution < 1.29 is 4.39 Å². The van der Waals surface area contributed by atoms with Crippen molar-refractivity contribution in [3.05, 3.63) is 69.4 Å². The molecule has 2 rings (SSSR count). The van der Waals surface area contributed by atoms with E-state index in [9.17, 15) is 4.39 Å². The van der Waals surface area contributed by atoms with Gasteiger partial charge in [0.05, 0.1) is 0 Å². The maximum absolute atomic E-state index is 13.5. The van der Waals surface area contributed by atoms with Gasteiger partial charge in [-0.05, 0) is 29.3 Å². The molecule has 1 N–H and O–H groups in total. The Morgan fingerprint density at radius 1 is 1.00 bits per heavy atom. The first kappa shape index (κ1) is 14.5. The average Bonchev–Trinajstić information content (AvgIpc) is 2.43. The summed E-state index contributed by atoms with van der Waals surface area (Å²) in [5, 5.41) is 3.23. The van der Waals surface area contributed by atoms with Crippen molar-refractivity contribution in [1.82, 2.24) is 5.32 Å². The molecule has 0 saturated heterocycles. The Morgan fingerprint density at radius 2 is 1.68 bits per heavy atom. The number of nitrogens with one attached hydrogen (secondary N) is 1. The minimum absolute atomic E-state index is 0.187. The van der Waals surface area contributed by atoms with Gasteiger partial charge in [0, 0.05) is 29.0 Å². The highest BCUT2D eigenvalue weighted by Gasteiger charge is 2.02. The van der Waals surface area contributed by atoms with Crippen LogP contribution >= 0.6 is 27.5 Å². The molecular weight excluding hydrogens is 329 g/mol. The smallest absolute Gasteiger partial charge is 0.127 e. The molecule has 0 spiro atoms. The molecule has 0 unspecified atom stereocenters. The third kappa shape index (κ3) is 4.30. The summed E-state index contributed by atoms with van der Waals surface area (Å²) < 4.78 is 14.4. The monoisotopic (exact) mass is 341 g/mol. The number of halogens is 3. The van der Waals surface area contributed by atoms with Gasteiger partial charge in [0.15, 0.2) is 0 Å². The molecule has 0 aliphatic carbocycles. The maximum atomic E-state index is 13.5. The standard InChI is InChI=1S/C15H14BrClFN/c16-14-5-6-15(18)13(7-14)10-19-9-12-3-1-11(8-17)2-4-12/h1-7,19H,8-10H2. The number of alkyl halides is 1. The third-order valence-corrected chi connectivity index (χ3v) is 3.63. The van der Waals surface area contributed by atoms with Gasteiger partial charge in [0.2, 0.25) is 0 Å². The second-order valence-corrected chi connectivity index (χ2v) is 5.47. The molecule has 19 heavy (non-hydrogen) atoms. The highest BCUT2D eigenvalue weighted by Crippen LogP contribution is 2.15. The van der Waals surface area contributed by atoms with Crippen LogP contribution in [0.3, 0.4) is 0 Å². The van der Waals surface area contributed by atoms with Gasteiger partial charge in [0.1, 0.15) is 5.82 Å². The van der Waals surface area contributed by atoms with Crippen molar-refractivity contribution in [3.8, 4) is 0 Å². The van der Waals surface area contributed by atoms with Crippen LogP contribution in [0.4, 0.5) is 4.39 Å². The number of rotatable bonds is 5. The zero-order chi connectivity index (χ0) is 13.7. The summed E-state index contributed by atoms with van der Waals surface area (Å²) in [5.41, 5.74) is 2.92. The summed E-state index contributed by atoms with van der Waals surface area (Å²) in [6.45, 7) is 1.21. The molecular formula is C15H14BrClFN. The second-order valence-electron chi connectivity index (χ2n) is 4.29. The lowest BCUT2D eigenvalue weighted by molar-refractivity contribution is 0.587. The molecule has 0 atom stereocenters. The van der Waals surface area contributed by atoms with Crippen LogP contribution in [0.15, 0.2) is 46.9 Å². The van der Waals surface area contributed by atoms with Crippen LogP contribution in [0.1, 0.15) is 16.7 Å². The Balaban J connectivity index is 1.90. The Labute approximate surface area is 125 Å². The van der Waals surface area contributed by atoms with Gasteiger partial charge < -0.3 is 5.32 Å². The number of benzene rings is 2. The van der Waals surface area contributed by atoms with Gasteiger partial charge in [-0.2, -0.15) is 0 Å². The van der Waals surface area contributed by atoms with Crippen LogP contribution in [0, 0.1) is 5.82 Å². The van der Waals surface area contributed by atoms with Crippen LogP contribution in [-0.2, 0) is 19.0 Å². The average molecular weight is 343 g/mol. The second kappa shape index (κ2) is 7.04. The van der Waals surface area contributed by atoms with Crippen LogP contribution in [0.2, 0.25) is 0 Å². The molecule has 0 bridgehead atoms. The summed E-state index contributed by atoms with van der Waals surface area (Å²) in [6, 6.07) is 13.0. The van der Waals surface area contributed by atoms with Gasteiger partial charge in [-0.1, -0.05) is 40.2 Å². The van der Waals surface area contributed by atoms with E-state index >= 15 is 0 Å². The SMILES string of the molecule is Fc1ccc(Br)cc1CNCc1ccc(CCl)cc1. The van der Waals surface area contributed by atoms with Gasteiger partial charge in [-0.15, -0.1) is 11.6 Å². The van der Waals surface area contributed by atoms with E-state index in [1.807, 2.05) is 24.3 Å². The molecule has 0 aliphatic rings. The topological polar surface area (TPSA) is 12.0 Å². The highest BCUT2D eigenvalue weighted by molar-refractivity contribution is 9.10. The first-order chi connectivity index (χ1) is 9.19. The first-order valence-electron chi connectivity index (χ1n) is 5.97. The molecule has 4 heteroatoms. The first-order valence-corrected chi connectivity index (χ1v) is 7.30. The van der Waals surface area contributed by atoms with Gasteiger partial charge in [-0.3, -0.25) is 0 Å². The van der Waals surface area contributed by atoms with E-state index in [0.717, 1.165) is 15.6 Å². The zero-order valence-corrected chi connectivity index (χ0v) is 12.6. The van der Waals surface area contributed by atoms with Crippen LogP contribution in [0.25, 0.3) is 0 Å². The largest absolute Gasteiger partial charge is 0.309 e. The molecule has 0 aromatic heterocycles. The number of hydrogen-bond donors (Lipinski definition) is 1. The molecule has 0 heterocycles. The van der Waals surface area contributed by atoms with Crippen LogP contribution in [-0.4, -0.2) is 0 Å². The summed E-state index contributed by atoms with van der Waals surface area (Å²) in [5.74, 6) is 0.338. The minimum atomic E-state index is -0.187. The molecule has 0 amide bonds. The van der Waals surface area contributed by atoms with E-state index in [-0.39, 0.29) is 5.82 Å². The summed E-state index contributed by atoms with van der Waals surface area (Å²) in [6.07, 6.45) is 0. The lowest BCUT2D eigenvalue weighted by atomic mass is 10.1. The lowest BCUT2D eigenvalue weighted by Gasteiger charge is -2.07. The fourth-order valence-corrected chi connectivity index (χ4v) is 2.35. The van der Waals surface area contributed by atoms with Crippen LogP contribution < -0.4 is 5.32 Å². The van der Waals surface area contributed by atoms with Crippen molar-refractivity contribution >= 4 is 27.5 Å². The van der Waals surface area contributed by atoms with Crippen molar-refractivity contribution in [2.24, 2.45) is 0 Å². The lowest BCUT2D eigenvalue weighted by Crippen LogP contribution is -2.13. The Morgan fingerprint density at radius 3 is 2.37 bits per heavy atom. The Kier molecular flexibility index (Phi) is 5.37. The van der Waals surface area contributed by atoms with E-state index in [1.165, 1.54) is 6.07 Å². The molecule has 2 aromatic carbocycles. The molecule has 0 radical (unpaired) electrons. The Hall–Kier alpha value is -0.900. The Bertz CT molecular complexity index is 542. The van der Waals surface area contributed by atoms with Gasteiger partial charge >= 0.3 is 0 Å². The van der Waals surface area contributed by atoms with Crippen molar-refractivity contribution in [2.75, 3.05) is 0 Å². The van der Waals surface area contributed by atoms with Gasteiger partial charge in [0.25, 0.3) is 0 Å². The van der Waals surface area contributed by atoms with E-state index in [4.69, 9.17) is 11.6 Å². The molecule has 0 fully saturated rings. The predicted octanol–water partition coefficient (Wildman–Crippen LogP) is 4.62. The molecule has 100 valence electrons. The van der Waals surface area contributed by atoms with E-state index in [1.54, 1.807) is 12.1 Å². The molecule has 1 nitrogen and oxygen atoms in total. The summed E-state index contributed by atoms with van der Waals surface area (Å²) >= 11 is 9.08. The molecule has 0 saturated carbocycles. The highest BCUT2D eigenvalue weighted by atomic mass is 79.9. The summed E-state index contributed by atoms with van der Waals surface area (Å²) in [7, 11) is 0. The minimum Gasteiger partial charge on any atom is -0.309 e. The maximum Gasteiger partial charge on any atom is 0.127 e. The van der Waals surface area contributed by atoms with Crippen LogP contribution in [0.5, 0.6) is 0 Å². The fourth-order valence-electron chi connectivity index (χ4n) is 1.77. The quantitative estimate of drug-likeness (QED) is 0.782. The molecule has 0 aliphatic heterocycles. The van der Waals surface area contributed by atoms with Gasteiger partial charge in [-0.25, -0.2) is 4.39 Å². The van der Waals surface area contributed by atoms with Crippen molar-refractivity contribution in [1.29, 1.82) is 0 Å². The zero-order valence-electron chi connectivity index (χ0n) is 10.3. The summed E-state index contributed by atoms with van der Waals surface area (Å²) in [4.78, 5) is 0.